The number of methoxy groups -OCH3 is 1. The zero-order valence-electron chi connectivity index (χ0n) is 7.83. The highest BCUT2D eigenvalue weighted by atomic mass is 16.5. The summed E-state index contributed by atoms with van der Waals surface area (Å²) >= 11 is 0. The Labute approximate surface area is 75.3 Å². The van der Waals surface area contributed by atoms with Gasteiger partial charge in [0.25, 0.3) is 5.56 Å². The average molecular weight is 184 g/mol. The Kier molecular flexibility index (Phi) is 2.55. The Balaban J connectivity index is 3.01. The molecule has 1 N–H and O–H groups in total. The Morgan fingerprint density at radius 2 is 2.31 bits per heavy atom. The van der Waals surface area contributed by atoms with Crippen molar-refractivity contribution in [2.45, 2.75) is 19.9 Å². The van der Waals surface area contributed by atoms with Crippen molar-refractivity contribution in [1.82, 2.24) is 9.78 Å². The van der Waals surface area contributed by atoms with E-state index < -0.39 is 12.0 Å². The summed E-state index contributed by atoms with van der Waals surface area (Å²) in [5.74, 6) is -0.441. The first-order chi connectivity index (χ1) is 6.06. The Bertz CT molecular complexity index is 364. The average Bonchev–Trinajstić information content (AvgIpc) is 2.42. The lowest BCUT2D eigenvalue weighted by molar-refractivity contribution is -0.144. The van der Waals surface area contributed by atoms with Gasteiger partial charge >= 0.3 is 5.97 Å². The van der Waals surface area contributed by atoms with Crippen LogP contribution in [0.2, 0.25) is 0 Å². The molecule has 13 heavy (non-hydrogen) atoms. The second-order valence-corrected chi connectivity index (χ2v) is 2.85. The first kappa shape index (κ1) is 9.57. The van der Waals surface area contributed by atoms with E-state index in [0.717, 1.165) is 5.69 Å². The molecule has 5 nitrogen and oxygen atoms in total. The standard InChI is InChI=1S/C8H12N2O3/c1-5-4-7(11)10(9-5)6(2)8(12)13-3/h4,6,9H,1-3H3. The van der Waals surface area contributed by atoms with Crippen molar-refractivity contribution in [1.29, 1.82) is 0 Å². The van der Waals surface area contributed by atoms with Crippen molar-refractivity contribution in [2.75, 3.05) is 7.11 Å². The highest BCUT2D eigenvalue weighted by molar-refractivity contribution is 5.73. The fraction of sp³-hybridized carbons (Fsp3) is 0.500. The lowest BCUT2D eigenvalue weighted by Crippen LogP contribution is -2.26. The van der Waals surface area contributed by atoms with Crippen LogP contribution in [0.25, 0.3) is 0 Å². The van der Waals surface area contributed by atoms with Gasteiger partial charge in [0.1, 0.15) is 6.04 Å². The molecule has 0 saturated heterocycles. The number of nitrogens with zero attached hydrogens (tertiary/aromatic N) is 1. The second-order valence-electron chi connectivity index (χ2n) is 2.85. The maximum atomic E-state index is 11.2. The molecular weight excluding hydrogens is 172 g/mol. The molecule has 0 spiro atoms. The molecule has 0 fully saturated rings. The number of esters is 1. The summed E-state index contributed by atoms with van der Waals surface area (Å²) in [4.78, 5) is 22.3. The van der Waals surface area contributed by atoms with Gasteiger partial charge in [0.05, 0.1) is 7.11 Å². The van der Waals surface area contributed by atoms with Crippen LogP contribution >= 0.6 is 0 Å². The van der Waals surface area contributed by atoms with Crippen LogP contribution in [0.15, 0.2) is 10.9 Å². The lowest BCUT2D eigenvalue weighted by Gasteiger charge is -2.08. The molecule has 0 bridgehead atoms. The van der Waals surface area contributed by atoms with Crippen LogP contribution in [0.4, 0.5) is 0 Å². The van der Waals surface area contributed by atoms with Crippen LogP contribution < -0.4 is 5.56 Å². The van der Waals surface area contributed by atoms with Crippen LogP contribution in [0, 0.1) is 6.92 Å². The van der Waals surface area contributed by atoms with Crippen molar-refractivity contribution in [3.63, 3.8) is 0 Å². The molecule has 0 aromatic carbocycles. The van der Waals surface area contributed by atoms with Gasteiger partial charge in [0, 0.05) is 11.8 Å². The molecule has 0 aliphatic rings. The molecule has 0 radical (unpaired) electrons. The zero-order valence-corrected chi connectivity index (χ0v) is 7.83. The lowest BCUT2D eigenvalue weighted by atomic mass is 10.3. The van der Waals surface area contributed by atoms with E-state index in [-0.39, 0.29) is 5.56 Å². The number of ether oxygens (including phenoxy) is 1. The van der Waals surface area contributed by atoms with E-state index in [1.54, 1.807) is 13.8 Å². The van der Waals surface area contributed by atoms with Crippen LogP contribution in [0.5, 0.6) is 0 Å². The minimum absolute atomic E-state index is 0.226. The predicted molar refractivity (Wildman–Crippen MR) is 46.5 cm³/mol. The monoisotopic (exact) mass is 184 g/mol. The Morgan fingerprint density at radius 3 is 2.69 bits per heavy atom. The van der Waals surface area contributed by atoms with Crippen molar-refractivity contribution in [2.24, 2.45) is 0 Å². The molecule has 1 rings (SSSR count). The third-order valence-electron chi connectivity index (χ3n) is 1.80. The maximum absolute atomic E-state index is 11.2. The number of H-pyrrole nitrogens is 1. The number of aryl methyl sites for hydroxylation is 1. The van der Waals surface area contributed by atoms with Gasteiger partial charge in [0.2, 0.25) is 0 Å². The first-order valence-corrected chi connectivity index (χ1v) is 3.92. The van der Waals surface area contributed by atoms with Crippen molar-refractivity contribution < 1.29 is 9.53 Å². The van der Waals surface area contributed by atoms with Gasteiger partial charge in [-0.05, 0) is 13.8 Å². The first-order valence-electron chi connectivity index (χ1n) is 3.92. The summed E-state index contributed by atoms with van der Waals surface area (Å²) in [5, 5.41) is 2.76. The fourth-order valence-corrected chi connectivity index (χ4v) is 1.10. The number of hydrogen-bond donors (Lipinski definition) is 1. The summed E-state index contributed by atoms with van der Waals surface area (Å²) in [5.41, 5.74) is 0.496. The summed E-state index contributed by atoms with van der Waals surface area (Å²) in [6.45, 7) is 3.35. The van der Waals surface area contributed by atoms with Crippen LogP contribution in [0.1, 0.15) is 18.7 Å². The van der Waals surface area contributed by atoms with Crippen LogP contribution in [-0.2, 0) is 9.53 Å². The molecule has 0 saturated carbocycles. The number of nitrogens with one attached hydrogen (secondary N) is 1. The highest BCUT2D eigenvalue weighted by Crippen LogP contribution is 2.02. The second kappa shape index (κ2) is 3.47. The number of aromatic amines is 1. The minimum Gasteiger partial charge on any atom is -0.467 e. The number of aromatic nitrogens is 2. The molecule has 1 aromatic rings. The molecule has 1 atom stereocenters. The van der Waals surface area contributed by atoms with Crippen LogP contribution in [-0.4, -0.2) is 22.9 Å². The van der Waals surface area contributed by atoms with Gasteiger partial charge < -0.3 is 4.74 Å². The summed E-state index contributed by atoms with van der Waals surface area (Å²) in [6.07, 6.45) is 0. The third-order valence-corrected chi connectivity index (χ3v) is 1.80. The number of carbonyl (C=O) groups excluding carboxylic acids is 1. The van der Waals surface area contributed by atoms with Gasteiger partial charge in [-0.25, -0.2) is 9.48 Å². The topological polar surface area (TPSA) is 64.1 Å². The molecule has 1 heterocycles. The number of carbonyl (C=O) groups is 1. The predicted octanol–water partition coefficient (Wildman–Crippen LogP) is 0.219. The van der Waals surface area contributed by atoms with Gasteiger partial charge in [-0.15, -0.1) is 0 Å². The van der Waals surface area contributed by atoms with Gasteiger partial charge in [0.15, 0.2) is 0 Å². The SMILES string of the molecule is COC(=O)C(C)n1[nH]c(C)cc1=O. The van der Waals surface area contributed by atoms with E-state index in [4.69, 9.17) is 0 Å². The summed E-state index contributed by atoms with van der Waals surface area (Å²) in [7, 11) is 1.29. The van der Waals surface area contributed by atoms with E-state index in [9.17, 15) is 9.59 Å². The zero-order chi connectivity index (χ0) is 10.0. The van der Waals surface area contributed by atoms with Crippen molar-refractivity contribution >= 4 is 5.97 Å². The third kappa shape index (κ3) is 1.80. The normalized spacial score (nSPS) is 12.5. The minimum atomic E-state index is -0.605. The molecular formula is C8H12N2O3. The fourth-order valence-electron chi connectivity index (χ4n) is 1.10. The van der Waals surface area contributed by atoms with E-state index in [1.165, 1.54) is 17.9 Å². The molecule has 0 amide bonds. The number of rotatable bonds is 2. The summed E-state index contributed by atoms with van der Waals surface area (Å²) in [6, 6.07) is 0.825. The molecule has 5 heteroatoms. The van der Waals surface area contributed by atoms with E-state index in [2.05, 4.69) is 9.84 Å². The Morgan fingerprint density at radius 1 is 1.69 bits per heavy atom. The van der Waals surface area contributed by atoms with E-state index in [1.807, 2.05) is 0 Å². The van der Waals surface area contributed by atoms with Crippen LogP contribution in [0.3, 0.4) is 0 Å². The smallest absolute Gasteiger partial charge is 0.330 e. The maximum Gasteiger partial charge on any atom is 0.330 e. The van der Waals surface area contributed by atoms with Gasteiger partial charge in [-0.2, -0.15) is 0 Å². The largest absolute Gasteiger partial charge is 0.467 e. The molecule has 0 aliphatic carbocycles. The number of hydrogen-bond acceptors (Lipinski definition) is 3. The quantitative estimate of drug-likeness (QED) is 0.668. The highest BCUT2D eigenvalue weighted by Gasteiger charge is 2.17. The summed E-state index contributed by atoms with van der Waals surface area (Å²) < 4.78 is 5.75. The van der Waals surface area contributed by atoms with Gasteiger partial charge in [-0.1, -0.05) is 0 Å². The van der Waals surface area contributed by atoms with Crippen molar-refractivity contribution in [3.8, 4) is 0 Å². The van der Waals surface area contributed by atoms with E-state index in [0.29, 0.717) is 0 Å². The molecule has 0 aliphatic heterocycles. The molecule has 1 unspecified atom stereocenters. The van der Waals surface area contributed by atoms with Crippen molar-refractivity contribution in [3.05, 3.63) is 22.1 Å². The Hall–Kier alpha value is -1.52. The molecule has 72 valence electrons. The van der Waals surface area contributed by atoms with E-state index >= 15 is 0 Å². The van der Waals surface area contributed by atoms with Gasteiger partial charge in [-0.3, -0.25) is 9.89 Å². The molecule has 1 aromatic heterocycles.